The predicted octanol–water partition coefficient (Wildman–Crippen LogP) is 4.43. The average molecular weight is 391 g/mol. The molecule has 0 aliphatic carbocycles. The van der Waals surface area contributed by atoms with Crippen LogP contribution in [-0.4, -0.2) is 20.1 Å². The molecule has 0 radical (unpaired) electrons. The second-order valence-electron chi connectivity index (χ2n) is 4.66. The Kier molecular flexibility index (Phi) is 4.73. The van der Waals surface area contributed by atoms with Gasteiger partial charge in [-0.1, -0.05) is 58.0 Å². The van der Waals surface area contributed by atoms with E-state index in [2.05, 4.69) is 31.1 Å². The minimum absolute atomic E-state index is 0.0906. The number of nitrogens with zero attached hydrogens (tertiary/aromatic N) is 3. The van der Waals surface area contributed by atoms with Crippen LogP contribution in [0.15, 0.2) is 58.2 Å². The van der Waals surface area contributed by atoms with E-state index in [0.29, 0.717) is 16.7 Å². The van der Waals surface area contributed by atoms with Gasteiger partial charge in [-0.05, 0) is 11.6 Å². The average Bonchev–Trinajstić information content (AvgIpc) is 3.02. The molecule has 2 aromatic carbocycles. The van der Waals surface area contributed by atoms with Crippen molar-refractivity contribution < 1.29 is 4.92 Å². The molecule has 0 aliphatic heterocycles. The van der Waals surface area contributed by atoms with Crippen LogP contribution >= 0.6 is 27.7 Å². The Bertz CT molecular complexity index is 836. The summed E-state index contributed by atoms with van der Waals surface area (Å²) in [4.78, 5) is 14.7. The molecule has 0 aliphatic rings. The van der Waals surface area contributed by atoms with Crippen molar-refractivity contribution >= 4 is 33.4 Å². The normalized spacial score (nSPS) is 10.7. The van der Waals surface area contributed by atoms with Crippen LogP contribution in [0.1, 0.15) is 5.56 Å². The van der Waals surface area contributed by atoms with Crippen LogP contribution in [0.3, 0.4) is 0 Å². The number of benzene rings is 2. The van der Waals surface area contributed by atoms with Crippen molar-refractivity contribution in [2.75, 3.05) is 0 Å². The molecule has 1 N–H and O–H groups in total. The first kappa shape index (κ1) is 15.7. The van der Waals surface area contributed by atoms with E-state index in [1.807, 2.05) is 24.3 Å². The number of aromatic nitrogens is 3. The third-order valence-electron chi connectivity index (χ3n) is 3.11. The lowest BCUT2D eigenvalue weighted by atomic mass is 10.2. The van der Waals surface area contributed by atoms with Crippen molar-refractivity contribution in [1.29, 1.82) is 0 Å². The molecule has 0 spiro atoms. The van der Waals surface area contributed by atoms with Gasteiger partial charge in [0.1, 0.15) is 0 Å². The van der Waals surface area contributed by atoms with Crippen molar-refractivity contribution in [1.82, 2.24) is 15.2 Å². The highest BCUT2D eigenvalue weighted by Crippen LogP contribution is 2.27. The number of aromatic amines is 1. The molecule has 6 nitrogen and oxygen atoms in total. The molecule has 1 aromatic heterocycles. The molecule has 0 amide bonds. The van der Waals surface area contributed by atoms with Gasteiger partial charge in [-0.15, -0.1) is 5.10 Å². The number of H-pyrrole nitrogens is 1. The van der Waals surface area contributed by atoms with Gasteiger partial charge in [0.25, 0.3) is 5.69 Å². The summed E-state index contributed by atoms with van der Waals surface area (Å²) in [7, 11) is 0. The van der Waals surface area contributed by atoms with E-state index in [9.17, 15) is 10.1 Å². The minimum Gasteiger partial charge on any atom is -0.258 e. The first-order valence-electron chi connectivity index (χ1n) is 6.67. The summed E-state index contributed by atoms with van der Waals surface area (Å²) in [5.41, 5.74) is 2.02. The Labute approximate surface area is 144 Å². The number of non-ortho nitro benzene ring substituents is 1. The van der Waals surface area contributed by atoms with Crippen molar-refractivity contribution in [3.63, 3.8) is 0 Å². The number of thioether (sulfide) groups is 1. The number of halogens is 1. The zero-order valence-corrected chi connectivity index (χ0v) is 14.2. The maximum absolute atomic E-state index is 10.6. The first-order chi connectivity index (χ1) is 11.1. The summed E-state index contributed by atoms with van der Waals surface area (Å²) in [6.07, 6.45) is 0. The van der Waals surface area contributed by atoms with Crippen LogP contribution in [-0.2, 0) is 5.75 Å². The summed E-state index contributed by atoms with van der Waals surface area (Å²) in [6.45, 7) is 0. The molecule has 0 unspecified atom stereocenters. The Morgan fingerprint density at radius 1 is 1.17 bits per heavy atom. The lowest BCUT2D eigenvalue weighted by Crippen LogP contribution is -1.88. The Morgan fingerprint density at radius 3 is 2.61 bits per heavy atom. The molecule has 3 aromatic rings. The van der Waals surface area contributed by atoms with Crippen molar-refractivity contribution in [3.05, 3.63) is 68.7 Å². The maximum Gasteiger partial charge on any atom is 0.269 e. The largest absolute Gasteiger partial charge is 0.269 e. The quantitative estimate of drug-likeness (QED) is 0.395. The molecule has 1 heterocycles. The van der Waals surface area contributed by atoms with Gasteiger partial charge in [-0.3, -0.25) is 15.2 Å². The van der Waals surface area contributed by atoms with Crippen LogP contribution in [0.4, 0.5) is 5.69 Å². The molecule has 0 bridgehead atoms. The van der Waals surface area contributed by atoms with Crippen LogP contribution < -0.4 is 0 Å². The summed E-state index contributed by atoms with van der Waals surface area (Å²) in [5, 5.41) is 18.4. The number of nitro groups is 1. The van der Waals surface area contributed by atoms with E-state index < -0.39 is 4.92 Å². The SMILES string of the molecule is O=[N+]([O-])c1ccc(CSc2n[nH]c(-c3ccccc3Br)n2)cc1. The molecule has 0 saturated heterocycles. The number of hydrogen-bond donors (Lipinski definition) is 1. The van der Waals surface area contributed by atoms with Gasteiger partial charge >= 0.3 is 0 Å². The van der Waals surface area contributed by atoms with Gasteiger partial charge < -0.3 is 0 Å². The van der Waals surface area contributed by atoms with Gasteiger partial charge in [0.15, 0.2) is 5.82 Å². The maximum atomic E-state index is 10.6. The monoisotopic (exact) mass is 390 g/mol. The number of hydrogen-bond acceptors (Lipinski definition) is 5. The van der Waals surface area contributed by atoms with Crippen molar-refractivity contribution in [2.45, 2.75) is 10.9 Å². The smallest absolute Gasteiger partial charge is 0.258 e. The van der Waals surface area contributed by atoms with Gasteiger partial charge in [-0.25, -0.2) is 4.98 Å². The van der Waals surface area contributed by atoms with Gasteiger partial charge in [-0.2, -0.15) is 0 Å². The van der Waals surface area contributed by atoms with Crippen LogP contribution in [0.25, 0.3) is 11.4 Å². The first-order valence-corrected chi connectivity index (χ1v) is 8.45. The molecule has 0 fully saturated rings. The van der Waals surface area contributed by atoms with Crippen LogP contribution in [0.5, 0.6) is 0 Å². The highest BCUT2D eigenvalue weighted by Gasteiger charge is 2.09. The van der Waals surface area contributed by atoms with Gasteiger partial charge in [0, 0.05) is 27.9 Å². The Balaban J connectivity index is 1.68. The third-order valence-corrected chi connectivity index (χ3v) is 4.72. The molecule has 0 saturated carbocycles. The summed E-state index contributed by atoms with van der Waals surface area (Å²) < 4.78 is 0.947. The zero-order valence-electron chi connectivity index (χ0n) is 11.8. The Morgan fingerprint density at radius 2 is 1.91 bits per heavy atom. The second-order valence-corrected chi connectivity index (χ2v) is 6.46. The van der Waals surface area contributed by atoms with Gasteiger partial charge in [0.2, 0.25) is 5.16 Å². The fourth-order valence-corrected chi connectivity index (χ4v) is 3.17. The highest BCUT2D eigenvalue weighted by molar-refractivity contribution is 9.10. The molecule has 116 valence electrons. The number of nitrogens with one attached hydrogen (secondary N) is 1. The molecular weight excluding hydrogens is 380 g/mol. The van der Waals surface area contributed by atoms with Gasteiger partial charge in [0.05, 0.1) is 4.92 Å². The molecule has 0 atom stereocenters. The molecule has 3 rings (SSSR count). The highest BCUT2D eigenvalue weighted by atomic mass is 79.9. The fraction of sp³-hybridized carbons (Fsp3) is 0.0667. The van der Waals surface area contributed by atoms with Crippen LogP contribution in [0.2, 0.25) is 0 Å². The minimum atomic E-state index is -0.407. The fourth-order valence-electron chi connectivity index (χ4n) is 1.95. The van der Waals surface area contributed by atoms with Crippen molar-refractivity contribution in [2.24, 2.45) is 0 Å². The summed E-state index contributed by atoms with van der Waals surface area (Å²) >= 11 is 4.96. The topological polar surface area (TPSA) is 84.7 Å². The number of nitro benzene ring substituents is 1. The predicted molar refractivity (Wildman–Crippen MR) is 92.2 cm³/mol. The molecule has 8 heteroatoms. The second kappa shape index (κ2) is 6.93. The standard InChI is InChI=1S/C15H11BrN4O2S/c16-13-4-2-1-3-12(13)14-17-15(19-18-14)23-9-10-5-7-11(8-6-10)20(21)22/h1-8H,9H2,(H,17,18,19). The van der Waals surface area contributed by atoms with E-state index in [4.69, 9.17) is 0 Å². The van der Waals surface area contributed by atoms with E-state index in [-0.39, 0.29) is 5.69 Å². The Hall–Kier alpha value is -2.19. The zero-order chi connectivity index (χ0) is 16.2. The molecule has 23 heavy (non-hydrogen) atoms. The van der Waals surface area contributed by atoms with E-state index in [1.54, 1.807) is 12.1 Å². The lowest BCUT2D eigenvalue weighted by Gasteiger charge is -1.99. The molecular formula is C15H11BrN4O2S. The third kappa shape index (κ3) is 3.77. The summed E-state index contributed by atoms with van der Waals surface area (Å²) in [5.74, 6) is 1.34. The van der Waals surface area contributed by atoms with Crippen molar-refractivity contribution in [3.8, 4) is 11.4 Å². The van der Waals surface area contributed by atoms with E-state index >= 15 is 0 Å². The van der Waals surface area contributed by atoms with E-state index in [1.165, 1.54) is 23.9 Å². The lowest BCUT2D eigenvalue weighted by molar-refractivity contribution is -0.384. The van der Waals surface area contributed by atoms with Crippen LogP contribution in [0, 0.1) is 10.1 Å². The number of rotatable bonds is 5. The summed E-state index contributed by atoms with van der Waals surface area (Å²) in [6, 6.07) is 14.3. The van der Waals surface area contributed by atoms with E-state index in [0.717, 1.165) is 15.6 Å².